The molecule has 0 saturated heterocycles. The van der Waals surface area contributed by atoms with E-state index >= 15 is 0 Å². The fourth-order valence-electron chi connectivity index (χ4n) is 0.744. The molecule has 1 atom stereocenters. The summed E-state index contributed by atoms with van der Waals surface area (Å²) in [7, 11) is 4.26. The van der Waals surface area contributed by atoms with Crippen molar-refractivity contribution in [2.45, 2.75) is 18.8 Å². The lowest BCUT2D eigenvalue weighted by atomic mass is 10.2. The molecule has 0 aliphatic rings. The minimum atomic E-state index is -0.695. The van der Waals surface area contributed by atoms with E-state index in [0.717, 1.165) is 0 Å². The van der Waals surface area contributed by atoms with E-state index in [0.29, 0.717) is 6.42 Å². The SMILES string of the molecule is COC(=O)C(N)CC(OC)OC. The zero-order valence-corrected chi connectivity index (χ0v) is 7.57. The minimum absolute atomic E-state index is 0.291. The summed E-state index contributed by atoms with van der Waals surface area (Å²) in [6, 6.07) is -0.695. The highest BCUT2D eigenvalue weighted by Crippen LogP contribution is 2.01. The van der Waals surface area contributed by atoms with E-state index in [2.05, 4.69) is 4.74 Å². The monoisotopic (exact) mass is 177 g/mol. The standard InChI is InChI=1S/C7H15NO4/c1-10-6(11-2)4-5(8)7(9)12-3/h5-6H,4,8H2,1-3H3. The van der Waals surface area contributed by atoms with E-state index < -0.39 is 18.3 Å². The second-order valence-electron chi connectivity index (χ2n) is 2.27. The van der Waals surface area contributed by atoms with Crippen molar-refractivity contribution in [1.29, 1.82) is 0 Å². The van der Waals surface area contributed by atoms with Crippen LogP contribution in [0.25, 0.3) is 0 Å². The second-order valence-corrected chi connectivity index (χ2v) is 2.27. The van der Waals surface area contributed by atoms with Crippen LogP contribution in [0.4, 0.5) is 0 Å². The average Bonchev–Trinajstić information content (AvgIpc) is 2.12. The summed E-state index contributed by atoms with van der Waals surface area (Å²) in [6.45, 7) is 0. The van der Waals surface area contributed by atoms with E-state index in [1.165, 1.54) is 21.3 Å². The Morgan fingerprint density at radius 1 is 1.33 bits per heavy atom. The van der Waals surface area contributed by atoms with Crippen LogP contribution >= 0.6 is 0 Å². The summed E-state index contributed by atoms with van der Waals surface area (Å²) >= 11 is 0. The molecule has 0 bridgehead atoms. The van der Waals surface area contributed by atoms with E-state index in [9.17, 15) is 4.79 Å². The molecule has 72 valence electrons. The number of hydrogen-bond acceptors (Lipinski definition) is 5. The highest BCUT2D eigenvalue weighted by molar-refractivity contribution is 5.75. The van der Waals surface area contributed by atoms with E-state index in [-0.39, 0.29) is 0 Å². The Balaban J connectivity index is 3.80. The Labute approximate surface area is 71.8 Å². The zero-order valence-electron chi connectivity index (χ0n) is 7.57. The van der Waals surface area contributed by atoms with Gasteiger partial charge in [-0.2, -0.15) is 0 Å². The van der Waals surface area contributed by atoms with Crippen molar-refractivity contribution in [3.05, 3.63) is 0 Å². The van der Waals surface area contributed by atoms with Crippen molar-refractivity contribution < 1.29 is 19.0 Å². The molecule has 1 unspecified atom stereocenters. The van der Waals surface area contributed by atoms with Gasteiger partial charge in [-0.25, -0.2) is 0 Å². The van der Waals surface area contributed by atoms with Crippen LogP contribution in [0, 0.1) is 0 Å². The van der Waals surface area contributed by atoms with Crippen LogP contribution in [-0.4, -0.2) is 39.6 Å². The van der Waals surface area contributed by atoms with Crippen LogP contribution in [0.5, 0.6) is 0 Å². The van der Waals surface area contributed by atoms with Crippen molar-refractivity contribution in [2.75, 3.05) is 21.3 Å². The van der Waals surface area contributed by atoms with Gasteiger partial charge < -0.3 is 19.9 Å². The number of hydrogen-bond donors (Lipinski definition) is 1. The molecule has 12 heavy (non-hydrogen) atoms. The maximum absolute atomic E-state index is 10.8. The number of carbonyl (C=O) groups is 1. The van der Waals surface area contributed by atoms with Crippen LogP contribution in [0.2, 0.25) is 0 Å². The second kappa shape index (κ2) is 5.93. The van der Waals surface area contributed by atoms with Crippen molar-refractivity contribution in [1.82, 2.24) is 0 Å². The first-order chi connectivity index (χ1) is 5.65. The molecule has 0 amide bonds. The largest absolute Gasteiger partial charge is 0.468 e. The number of esters is 1. The molecule has 0 fully saturated rings. The molecule has 0 aromatic heterocycles. The van der Waals surface area contributed by atoms with Gasteiger partial charge >= 0.3 is 5.97 Å². The molecule has 2 N–H and O–H groups in total. The Kier molecular flexibility index (Phi) is 5.61. The Hall–Kier alpha value is -0.650. The summed E-state index contributed by atoms with van der Waals surface area (Å²) < 4.78 is 14.1. The molecule has 0 saturated carbocycles. The molecular weight excluding hydrogens is 162 g/mol. The third kappa shape index (κ3) is 3.66. The number of methoxy groups -OCH3 is 3. The maximum atomic E-state index is 10.8. The molecule has 0 heterocycles. The van der Waals surface area contributed by atoms with Gasteiger partial charge in [0.05, 0.1) is 7.11 Å². The zero-order chi connectivity index (χ0) is 9.56. The first-order valence-corrected chi connectivity index (χ1v) is 3.54. The summed E-state index contributed by atoms with van der Waals surface area (Å²) in [4.78, 5) is 10.8. The summed E-state index contributed by atoms with van der Waals surface area (Å²) in [5, 5.41) is 0. The highest BCUT2D eigenvalue weighted by atomic mass is 16.7. The fourth-order valence-corrected chi connectivity index (χ4v) is 0.744. The van der Waals surface area contributed by atoms with Crippen LogP contribution in [0.1, 0.15) is 6.42 Å². The molecule has 5 heteroatoms. The average molecular weight is 177 g/mol. The number of ether oxygens (including phenoxy) is 3. The molecule has 0 spiro atoms. The summed E-state index contributed by atoms with van der Waals surface area (Å²) in [5.74, 6) is -0.464. The van der Waals surface area contributed by atoms with Gasteiger partial charge in [0.2, 0.25) is 0 Å². The van der Waals surface area contributed by atoms with Crippen LogP contribution < -0.4 is 5.73 Å². The first-order valence-electron chi connectivity index (χ1n) is 3.54. The van der Waals surface area contributed by atoms with Gasteiger partial charge in [-0.15, -0.1) is 0 Å². The third-order valence-electron chi connectivity index (χ3n) is 1.48. The van der Waals surface area contributed by atoms with Gasteiger partial charge in [-0.3, -0.25) is 4.79 Å². The molecule has 0 rings (SSSR count). The molecule has 0 aliphatic carbocycles. The molecule has 0 aromatic carbocycles. The molecule has 0 radical (unpaired) electrons. The molecular formula is C7H15NO4. The van der Waals surface area contributed by atoms with Gasteiger partial charge in [0, 0.05) is 20.6 Å². The predicted octanol–water partition coefficient (Wildman–Crippen LogP) is -0.504. The lowest BCUT2D eigenvalue weighted by Gasteiger charge is -2.16. The lowest BCUT2D eigenvalue weighted by Crippen LogP contribution is -2.36. The number of rotatable bonds is 5. The normalized spacial score (nSPS) is 13.1. The number of carbonyl (C=O) groups excluding carboxylic acids is 1. The lowest BCUT2D eigenvalue weighted by molar-refractivity contribution is -0.148. The van der Waals surface area contributed by atoms with E-state index in [1.54, 1.807) is 0 Å². The van der Waals surface area contributed by atoms with Crippen LogP contribution in [-0.2, 0) is 19.0 Å². The third-order valence-corrected chi connectivity index (χ3v) is 1.48. The Morgan fingerprint density at radius 2 is 1.83 bits per heavy atom. The molecule has 5 nitrogen and oxygen atoms in total. The highest BCUT2D eigenvalue weighted by Gasteiger charge is 2.18. The summed E-state index contributed by atoms with van der Waals surface area (Å²) in [6.07, 6.45) is -0.168. The quantitative estimate of drug-likeness (QED) is 0.452. The van der Waals surface area contributed by atoms with Gasteiger partial charge in [0.15, 0.2) is 6.29 Å². The van der Waals surface area contributed by atoms with Gasteiger partial charge in [0.1, 0.15) is 6.04 Å². The van der Waals surface area contributed by atoms with E-state index in [4.69, 9.17) is 15.2 Å². The minimum Gasteiger partial charge on any atom is -0.468 e. The Morgan fingerprint density at radius 3 is 2.17 bits per heavy atom. The maximum Gasteiger partial charge on any atom is 0.322 e. The van der Waals surface area contributed by atoms with Crippen LogP contribution in [0.15, 0.2) is 0 Å². The summed E-state index contributed by atoms with van der Waals surface area (Å²) in [5.41, 5.74) is 5.45. The topological polar surface area (TPSA) is 70.8 Å². The van der Waals surface area contributed by atoms with Gasteiger partial charge in [-0.1, -0.05) is 0 Å². The van der Waals surface area contributed by atoms with Gasteiger partial charge in [-0.05, 0) is 0 Å². The Bertz CT molecular complexity index is 135. The van der Waals surface area contributed by atoms with Crippen molar-refractivity contribution in [3.63, 3.8) is 0 Å². The van der Waals surface area contributed by atoms with Crippen LogP contribution in [0.3, 0.4) is 0 Å². The molecule has 0 aromatic rings. The number of nitrogens with two attached hydrogens (primary N) is 1. The smallest absolute Gasteiger partial charge is 0.322 e. The van der Waals surface area contributed by atoms with Crippen molar-refractivity contribution >= 4 is 5.97 Å². The van der Waals surface area contributed by atoms with Gasteiger partial charge in [0.25, 0.3) is 0 Å². The van der Waals surface area contributed by atoms with Crippen molar-refractivity contribution in [3.8, 4) is 0 Å². The first kappa shape index (κ1) is 11.4. The fraction of sp³-hybridized carbons (Fsp3) is 0.857. The molecule has 0 aliphatic heterocycles. The van der Waals surface area contributed by atoms with Crippen molar-refractivity contribution in [2.24, 2.45) is 5.73 Å². The predicted molar refractivity (Wildman–Crippen MR) is 42.4 cm³/mol. The van der Waals surface area contributed by atoms with E-state index in [1.807, 2.05) is 0 Å².